The fourth-order valence-corrected chi connectivity index (χ4v) is 9.37. The van der Waals surface area contributed by atoms with Crippen LogP contribution in [0.15, 0.2) is 176 Å². The van der Waals surface area contributed by atoms with Gasteiger partial charge in [0, 0.05) is 58.5 Å². The summed E-state index contributed by atoms with van der Waals surface area (Å²) in [5.74, 6) is 0. The number of para-hydroxylation sites is 3. The average molecular weight is 667 g/mol. The molecule has 0 unspecified atom stereocenters. The molecule has 1 N–H and O–H groups in total. The molecule has 0 bridgehead atoms. The first-order chi connectivity index (χ1) is 25.3. The van der Waals surface area contributed by atoms with Crippen molar-refractivity contribution < 1.29 is 0 Å². The van der Waals surface area contributed by atoms with E-state index in [0.717, 1.165) is 11.0 Å². The van der Waals surface area contributed by atoms with E-state index in [2.05, 4.69) is 185 Å². The molecule has 0 saturated heterocycles. The highest BCUT2D eigenvalue weighted by molar-refractivity contribution is 7.25. The summed E-state index contributed by atoms with van der Waals surface area (Å²) < 4.78 is 5.05. The minimum absolute atomic E-state index is 1.14. The van der Waals surface area contributed by atoms with Crippen LogP contribution in [0.5, 0.6) is 0 Å². The predicted octanol–water partition coefficient (Wildman–Crippen LogP) is 13.8. The Labute approximate surface area is 298 Å². The van der Waals surface area contributed by atoms with Crippen LogP contribution in [-0.4, -0.2) is 9.55 Å². The largest absolute Gasteiger partial charge is 0.354 e. The number of thiophene rings is 1. The van der Waals surface area contributed by atoms with Crippen molar-refractivity contribution in [3.63, 3.8) is 0 Å². The first kappa shape index (κ1) is 28.4. The zero-order valence-corrected chi connectivity index (χ0v) is 28.4. The van der Waals surface area contributed by atoms with Crippen molar-refractivity contribution in [2.24, 2.45) is 0 Å². The van der Waals surface area contributed by atoms with Gasteiger partial charge in [-0.2, -0.15) is 0 Å². The Balaban J connectivity index is 1.02. The quantitative estimate of drug-likeness (QED) is 0.193. The van der Waals surface area contributed by atoms with Crippen LogP contribution in [0.4, 0.5) is 0 Å². The zero-order valence-electron chi connectivity index (χ0n) is 27.6. The third-order valence-corrected chi connectivity index (χ3v) is 11.7. The van der Waals surface area contributed by atoms with Crippen molar-refractivity contribution in [3.05, 3.63) is 176 Å². The normalized spacial score (nSPS) is 11.9. The lowest BCUT2D eigenvalue weighted by Gasteiger charge is -2.10. The number of nitrogens with one attached hydrogen (secondary N) is 1. The second kappa shape index (κ2) is 11.0. The van der Waals surface area contributed by atoms with E-state index in [1.807, 2.05) is 11.3 Å². The zero-order chi connectivity index (χ0) is 33.5. The highest BCUT2D eigenvalue weighted by atomic mass is 32.1. The van der Waals surface area contributed by atoms with E-state index >= 15 is 0 Å². The molecule has 3 heterocycles. The third kappa shape index (κ3) is 4.35. The highest BCUT2D eigenvalue weighted by Gasteiger charge is 2.16. The summed E-state index contributed by atoms with van der Waals surface area (Å²) in [5, 5.41) is 7.68. The maximum Gasteiger partial charge on any atom is 0.0544 e. The summed E-state index contributed by atoms with van der Waals surface area (Å²) in [6.07, 6.45) is 0. The molecule has 0 aliphatic heterocycles. The molecule has 0 aliphatic rings. The monoisotopic (exact) mass is 666 g/mol. The van der Waals surface area contributed by atoms with Crippen LogP contribution in [0.3, 0.4) is 0 Å². The molecular weight excluding hydrogens is 637 g/mol. The molecule has 0 fully saturated rings. The standard InChI is InChI=1S/C48H30N2S/c1-4-21-43-37(15-1)38-16-2-5-22-44(38)50(43)34-25-26-42-41(29-34)39-20-9-19-36(48(39)49-42)33-14-8-12-31(28-33)30-11-7-13-32(27-30)35-18-10-24-46-47(35)40-17-3-6-23-45(40)51-46/h1-29,49H. The molecular formula is C48H30N2S. The Morgan fingerprint density at radius 1 is 0.392 bits per heavy atom. The van der Waals surface area contributed by atoms with Gasteiger partial charge in [0.1, 0.15) is 0 Å². The van der Waals surface area contributed by atoms with Crippen molar-refractivity contribution in [3.8, 4) is 39.1 Å². The number of aromatic amines is 1. The van der Waals surface area contributed by atoms with E-state index < -0.39 is 0 Å². The molecule has 238 valence electrons. The van der Waals surface area contributed by atoms with E-state index in [1.165, 1.54) is 91.8 Å². The van der Waals surface area contributed by atoms with Crippen molar-refractivity contribution in [1.29, 1.82) is 0 Å². The lowest BCUT2D eigenvalue weighted by Crippen LogP contribution is -1.93. The number of rotatable bonds is 4. The minimum Gasteiger partial charge on any atom is -0.354 e. The van der Waals surface area contributed by atoms with Crippen molar-refractivity contribution in [1.82, 2.24) is 9.55 Å². The van der Waals surface area contributed by atoms with Crippen LogP contribution in [-0.2, 0) is 0 Å². The molecule has 0 amide bonds. The van der Waals surface area contributed by atoms with E-state index in [-0.39, 0.29) is 0 Å². The van der Waals surface area contributed by atoms with Gasteiger partial charge in [0.25, 0.3) is 0 Å². The van der Waals surface area contributed by atoms with Crippen LogP contribution in [0.25, 0.3) is 103 Å². The summed E-state index contributed by atoms with van der Waals surface area (Å²) in [7, 11) is 0. The molecule has 0 radical (unpaired) electrons. The molecule has 3 heteroatoms. The number of hydrogen-bond donors (Lipinski definition) is 1. The molecule has 2 nitrogen and oxygen atoms in total. The second-order valence-electron chi connectivity index (χ2n) is 13.4. The van der Waals surface area contributed by atoms with Gasteiger partial charge < -0.3 is 9.55 Å². The molecule has 11 aromatic rings. The smallest absolute Gasteiger partial charge is 0.0544 e. The van der Waals surface area contributed by atoms with Gasteiger partial charge in [-0.15, -0.1) is 11.3 Å². The molecule has 11 rings (SSSR count). The SMILES string of the molecule is c1cc(-c2cccc(-c3cccc4sc5ccccc5c34)c2)cc(-c2cccc3c2[nH]c2ccc(-n4c5ccccc5c5ccccc54)cc23)c1. The molecule has 8 aromatic carbocycles. The highest BCUT2D eigenvalue weighted by Crippen LogP contribution is 2.42. The Morgan fingerprint density at radius 3 is 1.73 bits per heavy atom. The minimum atomic E-state index is 1.14. The Morgan fingerprint density at radius 2 is 0.961 bits per heavy atom. The number of nitrogens with zero attached hydrogens (tertiary/aromatic N) is 1. The molecule has 0 aliphatic carbocycles. The Kier molecular flexibility index (Phi) is 6.16. The molecule has 0 saturated carbocycles. The van der Waals surface area contributed by atoms with Crippen molar-refractivity contribution in [2.45, 2.75) is 0 Å². The molecule has 0 atom stereocenters. The van der Waals surface area contributed by atoms with Gasteiger partial charge in [0.15, 0.2) is 0 Å². The summed E-state index contributed by atoms with van der Waals surface area (Å²) in [5.41, 5.74) is 13.3. The summed E-state index contributed by atoms with van der Waals surface area (Å²) in [6.45, 7) is 0. The Bertz CT molecular complexity index is 3100. The van der Waals surface area contributed by atoms with Gasteiger partial charge in [-0.05, 0) is 82.4 Å². The fraction of sp³-hybridized carbons (Fsp3) is 0. The van der Waals surface area contributed by atoms with Crippen molar-refractivity contribution in [2.75, 3.05) is 0 Å². The maximum absolute atomic E-state index is 3.80. The van der Waals surface area contributed by atoms with E-state index in [1.54, 1.807) is 0 Å². The number of benzene rings is 8. The van der Waals surface area contributed by atoms with Gasteiger partial charge in [0.05, 0.1) is 16.6 Å². The van der Waals surface area contributed by atoms with E-state index in [0.29, 0.717) is 0 Å². The topological polar surface area (TPSA) is 20.7 Å². The van der Waals surface area contributed by atoms with Gasteiger partial charge in [-0.25, -0.2) is 0 Å². The Hall–Kier alpha value is -6.42. The number of aromatic nitrogens is 2. The maximum atomic E-state index is 3.80. The summed E-state index contributed by atoms with van der Waals surface area (Å²) in [4.78, 5) is 3.80. The van der Waals surface area contributed by atoms with Crippen LogP contribution >= 0.6 is 11.3 Å². The van der Waals surface area contributed by atoms with Crippen LogP contribution in [0, 0.1) is 0 Å². The third-order valence-electron chi connectivity index (χ3n) is 10.5. The first-order valence-corrected chi connectivity index (χ1v) is 18.2. The van der Waals surface area contributed by atoms with Crippen LogP contribution in [0.2, 0.25) is 0 Å². The molecule has 51 heavy (non-hydrogen) atoms. The molecule has 0 spiro atoms. The predicted molar refractivity (Wildman–Crippen MR) is 219 cm³/mol. The number of hydrogen-bond acceptors (Lipinski definition) is 1. The summed E-state index contributed by atoms with van der Waals surface area (Å²) >= 11 is 1.87. The lowest BCUT2D eigenvalue weighted by molar-refractivity contribution is 1.19. The lowest BCUT2D eigenvalue weighted by atomic mass is 9.94. The number of H-pyrrole nitrogens is 1. The average Bonchev–Trinajstić information content (AvgIpc) is 3.87. The first-order valence-electron chi connectivity index (χ1n) is 17.4. The number of fused-ring (bicyclic) bond motifs is 9. The van der Waals surface area contributed by atoms with Gasteiger partial charge in [0.2, 0.25) is 0 Å². The van der Waals surface area contributed by atoms with Crippen LogP contribution < -0.4 is 0 Å². The van der Waals surface area contributed by atoms with Crippen LogP contribution in [0.1, 0.15) is 0 Å². The van der Waals surface area contributed by atoms with E-state index in [4.69, 9.17) is 0 Å². The summed E-state index contributed by atoms with van der Waals surface area (Å²) in [6, 6.07) is 64.3. The van der Waals surface area contributed by atoms with E-state index in [9.17, 15) is 0 Å². The van der Waals surface area contributed by atoms with Gasteiger partial charge in [-0.1, -0.05) is 121 Å². The fourth-order valence-electron chi connectivity index (χ4n) is 8.24. The van der Waals surface area contributed by atoms with Gasteiger partial charge in [-0.3, -0.25) is 0 Å². The van der Waals surface area contributed by atoms with Crippen molar-refractivity contribution >= 4 is 75.1 Å². The van der Waals surface area contributed by atoms with Gasteiger partial charge >= 0.3 is 0 Å². The second-order valence-corrected chi connectivity index (χ2v) is 14.5. The molecule has 3 aromatic heterocycles.